The molecule has 0 amide bonds. The Morgan fingerprint density at radius 2 is 2.05 bits per heavy atom. The Morgan fingerprint density at radius 3 is 2.73 bits per heavy atom. The molecule has 8 heteroatoms. The fourth-order valence-corrected chi connectivity index (χ4v) is 3.45. The number of nitrogens with zero attached hydrogens (tertiary/aromatic N) is 2. The van der Waals surface area contributed by atoms with E-state index in [1.165, 1.54) is 6.20 Å². The van der Waals surface area contributed by atoms with Crippen molar-refractivity contribution in [2.24, 2.45) is 0 Å². The van der Waals surface area contributed by atoms with E-state index in [0.29, 0.717) is 28.7 Å². The van der Waals surface area contributed by atoms with Gasteiger partial charge < -0.3 is 0 Å². The lowest BCUT2D eigenvalue weighted by Crippen LogP contribution is -2.16. The molecule has 0 saturated carbocycles. The van der Waals surface area contributed by atoms with Gasteiger partial charge in [-0.25, -0.2) is 8.42 Å². The third kappa shape index (κ3) is 4.90. The Hall–Kier alpha value is -1.24. The molecule has 0 atom stereocenters. The number of rotatable bonds is 7. The molecule has 5 nitrogen and oxygen atoms in total. The molecule has 1 heterocycles. The van der Waals surface area contributed by atoms with Crippen LogP contribution in [0.4, 0.5) is 5.69 Å². The summed E-state index contributed by atoms with van der Waals surface area (Å²) in [6, 6.07) is 5.33. The first kappa shape index (κ1) is 17.1. The molecule has 0 bridgehead atoms. The fourth-order valence-electron chi connectivity index (χ4n) is 1.89. The highest BCUT2D eigenvalue weighted by Gasteiger charge is 2.11. The largest absolute Gasteiger partial charge is 0.280 e. The maximum atomic E-state index is 11.8. The number of benzene rings is 1. The number of unbranched alkanes of at least 4 members (excludes halogenated alkanes) is 1. The maximum absolute atomic E-state index is 11.8. The first-order chi connectivity index (χ1) is 10.4. The van der Waals surface area contributed by atoms with Crippen LogP contribution in [-0.4, -0.2) is 24.0 Å². The molecule has 0 spiro atoms. The highest BCUT2D eigenvalue weighted by atomic mass is 35.5. The number of nitrogens with one attached hydrogen (secondary N) is 1. The molecule has 0 aliphatic heterocycles. The van der Waals surface area contributed by atoms with Gasteiger partial charge in [0.05, 0.1) is 34.2 Å². The van der Waals surface area contributed by atoms with Gasteiger partial charge in [-0.2, -0.15) is 5.10 Å². The second-order valence-corrected chi connectivity index (χ2v) is 7.61. The lowest BCUT2D eigenvalue weighted by atomic mass is 10.2. The van der Waals surface area contributed by atoms with Gasteiger partial charge in [0, 0.05) is 6.20 Å². The summed E-state index contributed by atoms with van der Waals surface area (Å²) in [6.45, 7) is 2.43. The van der Waals surface area contributed by atoms with Crippen LogP contribution in [0.25, 0.3) is 0 Å². The van der Waals surface area contributed by atoms with Crippen molar-refractivity contribution in [1.29, 1.82) is 0 Å². The van der Waals surface area contributed by atoms with E-state index in [4.69, 9.17) is 23.2 Å². The second kappa shape index (κ2) is 7.35. The number of aromatic nitrogens is 2. The van der Waals surface area contributed by atoms with Crippen LogP contribution in [0.15, 0.2) is 30.6 Å². The zero-order valence-corrected chi connectivity index (χ0v) is 14.4. The van der Waals surface area contributed by atoms with E-state index in [-0.39, 0.29) is 5.75 Å². The maximum Gasteiger partial charge on any atom is 0.232 e. The zero-order valence-electron chi connectivity index (χ0n) is 12.1. The summed E-state index contributed by atoms with van der Waals surface area (Å²) in [5.74, 6) is 0.113. The van der Waals surface area contributed by atoms with Crippen LogP contribution in [0.5, 0.6) is 0 Å². The van der Waals surface area contributed by atoms with Crippen LogP contribution in [-0.2, 0) is 16.6 Å². The van der Waals surface area contributed by atoms with E-state index in [0.717, 1.165) is 12.0 Å². The normalized spacial score (nSPS) is 11.6. The van der Waals surface area contributed by atoms with Crippen molar-refractivity contribution in [3.8, 4) is 0 Å². The number of sulfonamides is 1. The highest BCUT2D eigenvalue weighted by Crippen LogP contribution is 2.23. The van der Waals surface area contributed by atoms with Crippen molar-refractivity contribution in [1.82, 2.24) is 9.78 Å². The van der Waals surface area contributed by atoms with Gasteiger partial charge in [-0.1, -0.05) is 42.6 Å². The molecule has 0 aliphatic carbocycles. The van der Waals surface area contributed by atoms with Crippen LogP contribution < -0.4 is 4.72 Å². The number of hydrogen-bond donors (Lipinski definition) is 1. The van der Waals surface area contributed by atoms with E-state index in [1.807, 2.05) is 13.0 Å². The van der Waals surface area contributed by atoms with Gasteiger partial charge in [0.1, 0.15) is 0 Å². The van der Waals surface area contributed by atoms with Gasteiger partial charge in [-0.3, -0.25) is 9.40 Å². The third-order valence-corrected chi connectivity index (χ3v) is 5.11. The first-order valence-corrected chi connectivity index (χ1v) is 9.27. The lowest BCUT2D eigenvalue weighted by Gasteiger charge is -2.05. The second-order valence-electron chi connectivity index (χ2n) is 4.95. The zero-order chi connectivity index (χ0) is 16.2. The summed E-state index contributed by atoms with van der Waals surface area (Å²) in [7, 11) is -3.31. The molecule has 120 valence electrons. The predicted octanol–water partition coefficient (Wildman–Crippen LogP) is 3.78. The molecular formula is C14H17Cl2N3O2S. The average Bonchev–Trinajstić information content (AvgIpc) is 2.87. The standard InChI is InChI=1S/C14H17Cl2N3O2S/c1-2-3-6-22(20,21)18-12-8-17-19(10-12)9-11-4-5-13(15)14(16)7-11/h4-5,7-8,10,18H,2-3,6,9H2,1H3. The number of halogens is 2. The van der Waals surface area contributed by atoms with Crippen LogP contribution in [0.3, 0.4) is 0 Å². The van der Waals surface area contributed by atoms with Gasteiger partial charge in [-0.15, -0.1) is 0 Å². The van der Waals surface area contributed by atoms with Crippen LogP contribution in [0, 0.1) is 0 Å². The molecule has 1 aromatic heterocycles. The molecule has 0 aliphatic rings. The van der Waals surface area contributed by atoms with Crippen molar-refractivity contribution in [2.45, 2.75) is 26.3 Å². The van der Waals surface area contributed by atoms with E-state index < -0.39 is 10.0 Å². The Bertz CT molecular complexity index is 744. The quantitative estimate of drug-likeness (QED) is 0.815. The van der Waals surface area contributed by atoms with Crippen LogP contribution in [0.1, 0.15) is 25.3 Å². The molecular weight excluding hydrogens is 345 g/mol. The van der Waals surface area contributed by atoms with Gasteiger partial charge >= 0.3 is 0 Å². The molecule has 0 saturated heterocycles. The van der Waals surface area contributed by atoms with Crippen molar-refractivity contribution in [2.75, 3.05) is 10.5 Å². The van der Waals surface area contributed by atoms with Gasteiger partial charge in [0.25, 0.3) is 0 Å². The molecule has 0 fully saturated rings. The van der Waals surface area contributed by atoms with Crippen molar-refractivity contribution in [3.05, 3.63) is 46.2 Å². The van der Waals surface area contributed by atoms with E-state index >= 15 is 0 Å². The summed E-state index contributed by atoms with van der Waals surface area (Å²) < 4.78 is 27.8. The highest BCUT2D eigenvalue weighted by molar-refractivity contribution is 7.92. The minimum absolute atomic E-state index is 0.113. The van der Waals surface area contributed by atoms with E-state index in [2.05, 4.69) is 9.82 Å². The summed E-state index contributed by atoms with van der Waals surface area (Å²) >= 11 is 11.8. The number of anilines is 1. The minimum Gasteiger partial charge on any atom is -0.280 e. The summed E-state index contributed by atoms with van der Waals surface area (Å²) in [4.78, 5) is 0. The molecule has 1 aromatic carbocycles. The Morgan fingerprint density at radius 1 is 1.27 bits per heavy atom. The SMILES string of the molecule is CCCCS(=O)(=O)Nc1cnn(Cc2ccc(Cl)c(Cl)c2)c1. The molecule has 2 rings (SSSR count). The monoisotopic (exact) mass is 361 g/mol. The van der Waals surface area contributed by atoms with Gasteiger partial charge in [-0.05, 0) is 24.1 Å². The topological polar surface area (TPSA) is 64.0 Å². The average molecular weight is 362 g/mol. The summed E-state index contributed by atoms with van der Waals surface area (Å²) in [6.07, 6.45) is 4.59. The Kier molecular flexibility index (Phi) is 5.72. The smallest absolute Gasteiger partial charge is 0.232 e. The fraction of sp³-hybridized carbons (Fsp3) is 0.357. The summed E-state index contributed by atoms with van der Waals surface area (Å²) in [5, 5.41) is 5.12. The lowest BCUT2D eigenvalue weighted by molar-refractivity contribution is 0.598. The van der Waals surface area contributed by atoms with Crippen molar-refractivity contribution in [3.63, 3.8) is 0 Å². The van der Waals surface area contributed by atoms with Crippen LogP contribution >= 0.6 is 23.2 Å². The molecule has 1 N–H and O–H groups in total. The van der Waals surface area contributed by atoms with Crippen molar-refractivity contribution < 1.29 is 8.42 Å². The van der Waals surface area contributed by atoms with Crippen molar-refractivity contribution >= 4 is 38.9 Å². The van der Waals surface area contributed by atoms with Gasteiger partial charge in [0.2, 0.25) is 10.0 Å². The summed E-state index contributed by atoms with van der Waals surface area (Å²) in [5.41, 5.74) is 1.38. The minimum atomic E-state index is -3.31. The Labute approximate surface area is 140 Å². The molecule has 0 unspecified atom stereocenters. The Balaban J connectivity index is 2.03. The molecule has 2 aromatic rings. The third-order valence-electron chi connectivity index (χ3n) is 3.00. The first-order valence-electron chi connectivity index (χ1n) is 6.86. The molecule has 0 radical (unpaired) electrons. The predicted molar refractivity (Wildman–Crippen MR) is 90.1 cm³/mol. The van der Waals surface area contributed by atoms with Gasteiger partial charge in [0.15, 0.2) is 0 Å². The molecule has 22 heavy (non-hydrogen) atoms. The van der Waals surface area contributed by atoms with E-state index in [1.54, 1.807) is 23.0 Å². The van der Waals surface area contributed by atoms with Crippen LogP contribution in [0.2, 0.25) is 10.0 Å². The van der Waals surface area contributed by atoms with E-state index in [9.17, 15) is 8.42 Å². The number of hydrogen-bond acceptors (Lipinski definition) is 3.